The van der Waals surface area contributed by atoms with Crippen molar-refractivity contribution in [1.29, 1.82) is 0 Å². The monoisotopic (exact) mass is 276 g/mol. The number of benzene rings is 1. The minimum atomic E-state index is 0.924. The van der Waals surface area contributed by atoms with Crippen molar-refractivity contribution in [3.8, 4) is 11.3 Å². The molecule has 0 aliphatic heterocycles. The summed E-state index contributed by atoms with van der Waals surface area (Å²) in [6.45, 7) is 0. The number of aryl methyl sites for hydroxylation is 3. The summed E-state index contributed by atoms with van der Waals surface area (Å²) in [6.07, 6.45) is 5.60. The number of halogens is 1. The van der Waals surface area contributed by atoms with E-state index in [1.54, 1.807) is 0 Å². The van der Waals surface area contributed by atoms with Gasteiger partial charge in [0.25, 0.3) is 0 Å². The number of nitrogens with zero attached hydrogens (tertiary/aromatic N) is 2. The Bertz CT molecular complexity index is 523. The first-order valence-corrected chi connectivity index (χ1v) is 6.34. The number of fused-ring (bicyclic) bond motifs is 1. The maximum atomic E-state index is 4.27. The average molecular weight is 277 g/mol. The summed E-state index contributed by atoms with van der Waals surface area (Å²) in [7, 11) is 2.03. The van der Waals surface area contributed by atoms with Gasteiger partial charge in [-0.15, -0.1) is 0 Å². The third-order valence-corrected chi connectivity index (χ3v) is 3.84. The fraction of sp³-hybridized carbons (Fsp3) is 0.308. The van der Waals surface area contributed by atoms with Crippen LogP contribution in [0.1, 0.15) is 17.5 Å². The van der Waals surface area contributed by atoms with Crippen molar-refractivity contribution in [3.05, 3.63) is 40.3 Å². The fourth-order valence-electron chi connectivity index (χ4n) is 2.44. The molecule has 16 heavy (non-hydrogen) atoms. The second-order valence-corrected chi connectivity index (χ2v) is 5.08. The second-order valence-electron chi connectivity index (χ2n) is 4.33. The SMILES string of the molecule is Cn1cnc(Br)c1-c1ccc2c(c1)CCC2. The van der Waals surface area contributed by atoms with Gasteiger partial charge in [-0.2, -0.15) is 0 Å². The lowest BCUT2D eigenvalue weighted by Gasteiger charge is -2.06. The molecule has 2 aromatic rings. The predicted octanol–water partition coefficient (Wildman–Crippen LogP) is 3.34. The third-order valence-electron chi connectivity index (χ3n) is 3.26. The number of hydrogen-bond donors (Lipinski definition) is 0. The zero-order valence-electron chi connectivity index (χ0n) is 9.20. The van der Waals surface area contributed by atoms with Gasteiger partial charge < -0.3 is 4.57 Å². The summed E-state index contributed by atoms with van der Waals surface area (Å²) >= 11 is 3.50. The number of hydrogen-bond acceptors (Lipinski definition) is 1. The Morgan fingerprint density at radius 3 is 2.81 bits per heavy atom. The van der Waals surface area contributed by atoms with Crippen molar-refractivity contribution in [1.82, 2.24) is 9.55 Å². The first-order valence-electron chi connectivity index (χ1n) is 5.54. The average Bonchev–Trinajstić information content (AvgIpc) is 2.85. The Morgan fingerprint density at radius 2 is 2.06 bits per heavy atom. The molecule has 0 N–H and O–H groups in total. The lowest BCUT2D eigenvalue weighted by atomic mass is 10.0. The van der Waals surface area contributed by atoms with Crippen molar-refractivity contribution in [2.24, 2.45) is 7.05 Å². The molecule has 0 bridgehead atoms. The van der Waals surface area contributed by atoms with Gasteiger partial charge in [-0.05, 0) is 52.4 Å². The van der Waals surface area contributed by atoms with Crippen LogP contribution in [0.3, 0.4) is 0 Å². The van der Waals surface area contributed by atoms with Gasteiger partial charge in [0.2, 0.25) is 0 Å². The highest BCUT2D eigenvalue weighted by Gasteiger charge is 2.14. The molecule has 0 unspecified atom stereocenters. The van der Waals surface area contributed by atoms with E-state index in [1.165, 1.54) is 36.0 Å². The molecule has 0 atom stereocenters. The van der Waals surface area contributed by atoms with Crippen LogP contribution < -0.4 is 0 Å². The van der Waals surface area contributed by atoms with E-state index in [-0.39, 0.29) is 0 Å². The van der Waals surface area contributed by atoms with Crippen LogP contribution in [0.4, 0.5) is 0 Å². The van der Waals surface area contributed by atoms with Crippen LogP contribution in [0.2, 0.25) is 0 Å². The van der Waals surface area contributed by atoms with Gasteiger partial charge in [0.15, 0.2) is 0 Å². The summed E-state index contributed by atoms with van der Waals surface area (Å²) in [5.74, 6) is 0. The molecule has 1 aliphatic carbocycles. The predicted molar refractivity (Wildman–Crippen MR) is 68.4 cm³/mol. The first kappa shape index (κ1) is 10.1. The second kappa shape index (κ2) is 3.74. The van der Waals surface area contributed by atoms with Gasteiger partial charge in [0.1, 0.15) is 4.60 Å². The van der Waals surface area contributed by atoms with Gasteiger partial charge in [-0.1, -0.05) is 12.1 Å². The largest absolute Gasteiger partial charge is 0.333 e. The zero-order chi connectivity index (χ0) is 11.1. The number of aromatic nitrogens is 2. The van der Waals surface area contributed by atoms with Gasteiger partial charge in [-0.3, -0.25) is 0 Å². The van der Waals surface area contributed by atoms with Gasteiger partial charge in [-0.25, -0.2) is 4.98 Å². The van der Waals surface area contributed by atoms with E-state index in [1.807, 2.05) is 13.4 Å². The highest BCUT2D eigenvalue weighted by Crippen LogP contribution is 2.31. The molecule has 0 saturated heterocycles. The Hall–Kier alpha value is -1.09. The van der Waals surface area contributed by atoms with Crippen LogP contribution in [-0.2, 0) is 19.9 Å². The molecule has 1 aromatic heterocycles. The summed E-state index contributed by atoms with van der Waals surface area (Å²) in [6, 6.07) is 6.77. The standard InChI is InChI=1S/C13H13BrN2/c1-16-8-15-13(14)12(16)11-6-5-9-3-2-4-10(9)7-11/h5-8H,2-4H2,1H3. The minimum absolute atomic E-state index is 0.924. The topological polar surface area (TPSA) is 17.8 Å². The lowest BCUT2D eigenvalue weighted by Crippen LogP contribution is -1.91. The molecule has 3 rings (SSSR count). The molecule has 0 saturated carbocycles. The molecule has 1 aromatic carbocycles. The zero-order valence-corrected chi connectivity index (χ0v) is 10.8. The van der Waals surface area contributed by atoms with Crippen LogP contribution >= 0.6 is 15.9 Å². The maximum absolute atomic E-state index is 4.27. The molecule has 2 nitrogen and oxygen atoms in total. The van der Waals surface area contributed by atoms with Crippen molar-refractivity contribution >= 4 is 15.9 Å². The molecule has 82 valence electrons. The molecular formula is C13H13BrN2. The molecule has 0 radical (unpaired) electrons. The molecule has 0 spiro atoms. The molecule has 3 heteroatoms. The Kier molecular flexibility index (Phi) is 2.36. The van der Waals surface area contributed by atoms with Crippen LogP contribution in [0.15, 0.2) is 29.1 Å². The Morgan fingerprint density at radius 1 is 1.25 bits per heavy atom. The maximum Gasteiger partial charge on any atom is 0.132 e. The quantitative estimate of drug-likeness (QED) is 0.781. The fourth-order valence-corrected chi connectivity index (χ4v) is 3.04. The minimum Gasteiger partial charge on any atom is -0.333 e. The van der Waals surface area contributed by atoms with Crippen molar-refractivity contribution in [3.63, 3.8) is 0 Å². The Labute approximate surface area is 103 Å². The van der Waals surface area contributed by atoms with E-state index in [2.05, 4.69) is 43.7 Å². The van der Waals surface area contributed by atoms with Crippen LogP contribution in [0.5, 0.6) is 0 Å². The summed E-state index contributed by atoms with van der Waals surface area (Å²) < 4.78 is 2.98. The van der Waals surface area contributed by atoms with Crippen LogP contribution in [0, 0.1) is 0 Å². The van der Waals surface area contributed by atoms with E-state index in [0.29, 0.717) is 0 Å². The summed E-state index contributed by atoms with van der Waals surface area (Å²) in [4.78, 5) is 4.27. The van der Waals surface area contributed by atoms with E-state index in [0.717, 1.165) is 10.3 Å². The van der Waals surface area contributed by atoms with E-state index < -0.39 is 0 Å². The van der Waals surface area contributed by atoms with Crippen molar-refractivity contribution in [2.75, 3.05) is 0 Å². The third kappa shape index (κ3) is 1.50. The highest BCUT2D eigenvalue weighted by atomic mass is 79.9. The van der Waals surface area contributed by atoms with Crippen LogP contribution in [-0.4, -0.2) is 9.55 Å². The smallest absolute Gasteiger partial charge is 0.132 e. The van der Waals surface area contributed by atoms with Crippen molar-refractivity contribution in [2.45, 2.75) is 19.3 Å². The highest BCUT2D eigenvalue weighted by molar-refractivity contribution is 9.10. The molecular weight excluding hydrogens is 264 g/mol. The van der Waals surface area contributed by atoms with Gasteiger partial charge >= 0.3 is 0 Å². The lowest BCUT2D eigenvalue weighted by molar-refractivity contribution is 0.911. The Balaban J connectivity index is 2.14. The van der Waals surface area contributed by atoms with E-state index >= 15 is 0 Å². The molecule has 1 heterocycles. The van der Waals surface area contributed by atoms with Gasteiger partial charge in [0.05, 0.1) is 12.0 Å². The van der Waals surface area contributed by atoms with Gasteiger partial charge in [0, 0.05) is 12.6 Å². The molecule has 0 amide bonds. The van der Waals surface area contributed by atoms with Crippen molar-refractivity contribution < 1.29 is 0 Å². The first-order chi connectivity index (χ1) is 7.75. The van der Waals surface area contributed by atoms with E-state index in [9.17, 15) is 0 Å². The van der Waals surface area contributed by atoms with Crippen LogP contribution in [0.25, 0.3) is 11.3 Å². The summed E-state index contributed by atoms with van der Waals surface area (Å²) in [5, 5.41) is 0. The summed E-state index contributed by atoms with van der Waals surface area (Å²) in [5.41, 5.74) is 5.44. The number of imidazole rings is 1. The molecule has 0 fully saturated rings. The normalized spacial score (nSPS) is 14.1. The molecule has 1 aliphatic rings. The number of rotatable bonds is 1. The van der Waals surface area contributed by atoms with E-state index in [4.69, 9.17) is 0 Å².